The highest BCUT2D eigenvalue weighted by Crippen LogP contribution is 2.36. The van der Waals surface area contributed by atoms with Crippen LogP contribution in [0.2, 0.25) is 0 Å². The Bertz CT molecular complexity index is 1180. The molecule has 0 atom stereocenters. The Balaban J connectivity index is 1.59. The van der Waals surface area contributed by atoms with Crippen LogP contribution in [0.1, 0.15) is 46.0 Å². The van der Waals surface area contributed by atoms with Crippen molar-refractivity contribution in [1.82, 2.24) is 14.8 Å². The summed E-state index contributed by atoms with van der Waals surface area (Å²) in [6.07, 6.45) is -4.11. The van der Waals surface area contributed by atoms with Crippen LogP contribution in [-0.2, 0) is 16.0 Å². The van der Waals surface area contributed by atoms with Crippen molar-refractivity contribution in [1.29, 1.82) is 0 Å². The number of hydrogen-bond donors (Lipinski definition) is 1. The van der Waals surface area contributed by atoms with E-state index in [4.69, 9.17) is 4.74 Å². The third kappa shape index (κ3) is 8.16. The van der Waals surface area contributed by atoms with Crippen LogP contribution in [0.5, 0.6) is 5.75 Å². The number of anilines is 1. The molecule has 0 aliphatic carbocycles. The van der Waals surface area contributed by atoms with Gasteiger partial charge in [0, 0.05) is 24.4 Å². The molecular formula is C24H29F3N4O3S2. The van der Waals surface area contributed by atoms with E-state index in [1.165, 1.54) is 47.4 Å². The Morgan fingerprint density at radius 2 is 1.81 bits per heavy atom. The van der Waals surface area contributed by atoms with Crippen LogP contribution in [-0.4, -0.2) is 44.0 Å². The Hall–Kier alpha value is -2.73. The summed E-state index contributed by atoms with van der Waals surface area (Å²) in [5.41, 5.74) is 1.67. The lowest BCUT2D eigenvalue weighted by Gasteiger charge is -2.27. The first kappa shape index (κ1) is 27.9. The molecular weight excluding hydrogens is 513 g/mol. The quantitative estimate of drug-likeness (QED) is 0.248. The molecule has 2 heterocycles. The molecule has 36 heavy (non-hydrogen) atoms. The first-order valence-electron chi connectivity index (χ1n) is 11.1. The smallest absolute Gasteiger partial charge is 0.459 e. The number of esters is 1. The number of benzene rings is 1. The summed E-state index contributed by atoms with van der Waals surface area (Å²) in [6.45, 7) is 11.5. The molecule has 0 radical (unpaired) electrons. The maximum absolute atomic E-state index is 12.5. The third-order valence-corrected chi connectivity index (χ3v) is 6.76. The Kier molecular flexibility index (Phi) is 8.29. The van der Waals surface area contributed by atoms with Gasteiger partial charge >= 0.3 is 12.3 Å². The van der Waals surface area contributed by atoms with Gasteiger partial charge in [-0.15, -0.1) is 24.5 Å². The van der Waals surface area contributed by atoms with Gasteiger partial charge in [-0.3, -0.25) is 4.79 Å². The molecule has 0 unspecified atom stereocenters. The van der Waals surface area contributed by atoms with E-state index in [9.17, 15) is 18.0 Å². The van der Waals surface area contributed by atoms with Crippen molar-refractivity contribution in [3.63, 3.8) is 0 Å². The van der Waals surface area contributed by atoms with E-state index in [-0.39, 0.29) is 11.7 Å². The molecule has 0 fully saturated rings. The number of carbonyl (C=O) groups is 1. The van der Waals surface area contributed by atoms with Crippen LogP contribution in [0.3, 0.4) is 0 Å². The van der Waals surface area contributed by atoms with E-state index in [0.29, 0.717) is 24.5 Å². The Morgan fingerprint density at radius 1 is 1.14 bits per heavy atom. The summed E-state index contributed by atoms with van der Waals surface area (Å²) < 4.78 is 48.3. The van der Waals surface area contributed by atoms with Gasteiger partial charge in [0.1, 0.15) is 21.9 Å². The molecule has 3 rings (SSSR count). The van der Waals surface area contributed by atoms with Gasteiger partial charge in [0.05, 0.1) is 17.1 Å². The normalized spacial score (nSPS) is 12.5. The van der Waals surface area contributed by atoms with Gasteiger partial charge < -0.3 is 14.8 Å². The number of nitrogens with zero attached hydrogens (tertiary/aromatic N) is 3. The molecule has 12 heteroatoms. The zero-order valence-electron chi connectivity index (χ0n) is 20.9. The van der Waals surface area contributed by atoms with Crippen LogP contribution >= 0.6 is 23.1 Å². The zero-order valence-corrected chi connectivity index (χ0v) is 22.5. The third-order valence-electron chi connectivity index (χ3n) is 4.60. The largest absolute Gasteiger partial charge is 0.573 e. The number of aryl methyl sites for hydroxylation is 1. The average molecular weight is 543 g/mol. The minimum atomic E-state index is -4.74. The molecule has 0 spiro atoms. The number of rotatable bonds is 9. The maximum Gasteiger partial charge on any atom is 0.573 e. The summed E-state index contributed by atoms with van der Waals surface area (Å²) in [4.78, 5) is 17.1. The van der Waals surface area contributed by atoms with Gasteiger partial charge in [-0.2, -0.15) is 5.10 Å². The second kappa shape index (κ2) is 10.7. The summed E-state index contributed by atoms with van der Waals surface area (Å²) in [5.74, 6) is 0.115. The van der Waals surface area contributed by atoms with Gasteiger partial charge in [0.2, 0.25) is 0 Å². The summed E-state index contributed by atoms with van der Waals surface area (Å²) in [6, 6.07) is 7.36. The Morgan fingerprint density at radius 3 is 2.42 bits per heavy atom. The lowest BCUT2D eigenvalue weighted by atomic mass is 10.1. The standard InChI is InChI=1S/C24H29F3N4O3S2/c1-15-13-19(31(30-15)17-7-9-18(10-8-17)33-24(25,26)27)28-12-11-16-14-35-21(29-16)36-23(5,6)20(32)34-22(2,3)4/h7-10,13-14,28H,11-12H2,1-6H3. The number of alkyl halides is 3. The van der Waals surface area contributed by atoms with Crippen molar-refractivity contribution in [2.75, 3.05) is 11.9 Å². The van der Waals surface area contributed by atoms with Crippen molar-refractivity contribution in [3.8, 4) is 11.4 Å². The number of thiazole rings is 1. The van der Waals surface area contributed by atoms with Crippen LogP contribution in [0.4, 0.5) is 19.0 Å². The highest BCUT2D eigenvalue weighted by atomic mass is 32.2. The molecule has 7 nitrogen and oxygen atoms in total. The molecule has 0 saturated heterocycles. The fourth-order valence-electron chi connectivity index (χ4n) is 3.04. The molecule has 0 aliphatic rings. The Labute approximate surface area is 216 Å². The predicted octanol–water partition coefficient (Wildman–Crippen LogP) is 6.40. The second-order valence-corrected chi connectivity index (χ2v) is 12.2. The summed E-state index contributed by atoms with van der Waals surface area (Å²) in [5, 5.41) is 9.69. The van der Waals surface area contributed by atoms with Crippen molar-refractivity contribution >= 4 is 34.9 Å². The van der Waals surface area contributed by atoms with Gasteiger partial charge in [-0.05, 0) is 65.8 Å². The van der Waals surface area contributed by atoms with E-state index in [1.54, 1.807) is 4.68 Å². The number of nitrogens with one attached hydrogen (secondary N) is 1. The lowest BCUT2D eigenvalue weighted by molar-refractivity contribution is -0.274. The van der Waals surface area contributed by atoms with Gasteiger partial charge in [-0.25, -0.2) is 9.67 Å². The van der Waals surface area contributed by atoms with Gasteiger partial charge in [0.15, 0.2) is 4.34 Å². The SMILES string of the molecule is Cc1cc(NCCc2csc(SC(C)(C)C(=O)OC(C)(C)C)n2)n(-c2ccc(OC(F)(F)F)cc2)n1. The van der Waals surface area contributed by atoms with Crippen molar-refractivity contribution in [2.24, 2.45) is 0 Å². The predicted molar refractivity (Wildman–Crippen MR) is 135 cm³/mol. The van der Waals surface area contributed by atoms with Crippen molar-refractivity contribution < 1.29 is 27.4 Å². The molecule has 3 aromatic rings. The monoisotopic (exact) mass is 542 g/mol. The van der Waals surface area contributed by atoms with Crippen LogP contribution < -0.4 is 10.1 Å². The van der Waals surface area contributed by atoms with E-state index >= 15 is 0 Å². The molecule has 2 aromatic heterocycles. The molecule has 0 amide bonds. The number of ether oxygens (including phenoxy) is 2. The van der Waals surface area contributed by atoms with Crippen molar-refractivity contribution in [2.45, 2.75) is 69.0 Å². The molecule has 1 N–H and O–H groups in total. The van der Waals surface area contributed by atoms with E-state index in [1.807, 2.05) is 53.0 Å². The molecule has 196 valence electrons. The van der Waals surface area contributed by atoms with Gasteiger partial charge in [0.25, 0.3) is 0 Å². The molecule has 0 aliphatic heterocycles. The molecule has 0 bridgehead atoms. The van der Waals surface area contributed by atoms with Crippen LogP contribution in [0.25, 0.3) is 5.69 Å². The topological polar surface area (TPSA) is 78.3 Å². The number of aromatic nitrogens is 3. The number of hydrogen-bond acceptors (Lipinski definition) is 8. The number of halogens is 3. The second-order valence-electron chi connectivity index (χ2n) is 9.52. The van der Waals surface area contributed by atoms with E-state index < -0.39 is 16.7 Å². The van der Waals surface area contributed by atoms with Crippen LogP contribution in [0, 0.1) is 6.92 Å². The average Bonchev–Trinajstić information content (AvgIpc) is 3.32. The molecule has 0 saturated carbocycles. The van der Waals surface area contributed by atoms with Gasteiger partial charge in [-0.1, -0.05) is 11.8 Å². The fraction of sp³-hybridized carbons (Fsp3) is 0.458. The number of thioether (sulfide) groups is 1. The van der Waals surface area contributed by atoms with Crippen LogP contribution in [0.15, 0.2) is 40.1 Å². The van der Waals surface area contributed by atoms with Crippen molar-refractivity contribution in [3.05, 3.63) is 47.1 Å². The van der Waals surface area contributed by atoms with E-state index in [2.05, 4.69) is 20.1 Å². The zero-order chi connectivity index (χ0) is 26.7. The highest BCUT2D eigenvalue weighted by Gasteiger charge is 2.35. The summed E-state index contributed by atoms with van der Waals surface area (Å²) >= 11 is 2.84. The first-order valence-corrected chi connectivity index (χ1v) is 12.8. The molecule has 1 aromatic carbocycles. The highest BCUT2D eigenvalue weighted by molar-refractivity contribution is 8.03. The lowest BCUT2D eigenvalue weighted by Crippen LogP contribution is -2.36. The number of carbonyl (C=O) groups excluding carboxylic acids is 1. The minimum Gasteiger partial charge on any atom is -0.459 e. The first-order chi connectivity index (χ1) is 16.6. The fourth-order valence-corrected chi connectivity index (χ4v) is 5.30. The maximum atomic E-state index is 12.5. The minimum absolute atomic E-state index is 0.292. The summed E-state index contributed by atoms with van der Waals surface area (Å²) in [7, 11) is 0. The van der Waals surface area contributed by atoms with E-state index in [0.717, 1.165) is 15.7 Å².